The van der Waals surface area contributed by atoms with Crippen molar-refractivity contribution in [2.45, 2.75) is 18.7 Å². The summed E-state index contributed by atoms with van der Waals surface area (Å²) in [5, 5.41) is 19.4. The number of nitro benzene ring substituents is 1. The van der Waals surface area contributed by atoms with Gasteiger partial charge < -0.3 is 0 Å². The second-order valence-electron chi connectivity index (χ2n) is 3.75. The van der Waals surface area contributed by atoms with Gasteiger partial charge in [0.05, 0.1) is 15.9 Å². The normalized spacial score (nSPS) is 11.3. The van der Waals surface area contributed by atoms with Crippen LogP contribution in [-0.4, -0.2) is 30.7 Å². The van der Waals surface area contributed by atoms with Gasteiger partial charge in [-0.05, 0) is 13.0 Å². The van der Waals surface area contributed by atoms with E-state index in [1.807, 2.05) is 0 Å². The zero-order valence-electron chi connectivity index (χ0n) is 10.5. The molecule has 0 aliphatic rings. The fraction of sp³-hybridized carbons (Fsp3) is 0.364. The molecule has 1 aromatic carbocycles. The third-order valence-electron chi connectivity index (χ3n) is 2.67. The summed E-state index contributed by atoms with van der Waals surface area (Å²) in [7, 11) is -3.89. The SMILES string of the molecule is CCN(CC#N)S(=O)(=O)c1cccc([N+](=O)[O-])c1C. The predicted molar refractivity (Wildman–Crippen MR) is 67.9 cm³/mol. The first-order valence-electron chi connectivity index (χ1n) is 5.47. The van der Waals surface area contributed by atoms with Crippen molar-refractivity contribution < 1.29 is 13.3 Å². The Morgan fingerprint density at radius 2 is 2.11 bits per heavy atom. The molecule has 0 atom stereocenters. The molecule has 8 heteroatoms. The van der Waals surface area contributed by atoms with Gasteiger partial charge in [0, 0.05) is 18.2 Å². The summed E-state index contributed by atoms with van der Waals surface area (Å²) in [5.74, 6) is 0. The Bertz CT molecular complexity index is 634. The number of benzene rings is 1. The van der Waals surface area contributed by atoms with Crippen molar-refractivity contribution in [2.24, 2.45) is 0 Å². The van der Waals surface area contributed by atoms with E-state index in [4.69, 9.17) is 5.26 Å². The van der Waals surface area contributed by atoms with Crippen molar-refractivity contribution >= 4 is 15.7 Å². The highest BCUT2D eigenvalue weighted by molar-refractivity contribution is 7.89. The van der Waals surface area contributed by atoms with E-state index in [0.29, 0.717) is 0 Å². The quantitative estimate of drug-likeness (QED) is 0.462. The van der Waals surface area contributed by atoms with Gasteiger partial charge in [-0.2, -0.15) is 9.57 Å². The molecule has 0 bridgehead atoms. The molecular formula is C11H13N3O4S. The summed E-state index contributed by atoms with van der Waals surface area (Å²) in [6.07, 6.45) is 0. The zero-order valence-corrected chi connectivity index (χ0v) is 11.3. The lowest BCUT2D eigenvalue weighted by atomic mass is 10.2. The Morgan fingerprint density at radius 3 is 2.58 bits per heavy atom. The first kappa shape index (κ1) is 15.1. The first-order chi connectivity index (χ1) is 8.86. The maximum Gasteiger partial charge on any atom is 0.273 e. The summed E-state index contributed by atoms with van der Waals surface area (Å²) in [4.78, 5) is 10.0. The van der Waals surface area contributed by atoms with Crippen molar-refractivity contribution in [3.8, 4) is 6.07 Å². The highest BCUT2D eigenvalue weighted by atomic mass is 32.2. The van der Waals surface area contributed by atoms with E-state index in [1.54, 1.807) is 13.0 Å². The number of rotatable bonds is 5. The lowest BCUT2D eigenvalue weighted by Crippen LogP contribution is -2.31. The van der Waals surface area contributed by atoms with Crippen LogP contribution in [0.25, 0.3) is 0 Å². The monoisotopic (exact) mass is 283 g/mol. The second-order valence-corrected chi connectivity index (χ2v) is 5.65. The van der Waals surface area contributed by atoms with Crippen LogP contribution in [0.5, 0.6) is 0 Å². The van der Waals surface area contributed by atoms with Crippen LogP contribution in [0.15, 0.2) is 23.1 Å². The summed E-state index contributed by atoms with van der Waals surface area (Å²) >= 11 is 0. The Labute approximate surface area is 111 Å². The highest BCUT2D eigenvalue weighted by Crippen LogP contribution is 2.26. The van der Waals surface area contributed by atoms with Gasteiger partial charge in [0.15, 0.2) is 0 Å². The third-order valence-corrected chi connectivity index (χ3v) is 4.74. The van der Waals surface area contributed by atoms with E-state index in [9.17, 15) is 18.5 Å². The van der Waals surface area contributed by atoms with Gasteiger partial charge in [0.25, 0.3) is 5.69 Å². The molecule has 0 N–H and O–H groups in total. The number of sulfonamides is 1. The van der Waals surface area contributed by atoms with Crippen molar-refractivity contribution in [3.63, 3.8) is 0 Å². The molecule has 1 aromatic rings. The average molecular weight is 283 g/mol. The van der Waals surface area contributed by atoms with E-state index in [2.05, 4.69) is 0 Å². The highest BCUT2D eigenvalue weighted by Gasteiger charge is 2.27. The molecular weight excluding hydrogens is 270 g/mol. The van der Waals surface area contributed by atoms with Crippen LogP contribution in [0.3, 0.4) is 0 Å². The van der Waals surface area contributed by atoms with E-state index in [1.165, 1.54) is 25.1 Å². The lowest BCUT2D eigenvalue weighted by Gasteiger charge is -2.18. The molecule has 0 aliphatic heterocycles. The molecule has 19 heavy (non-hydrogen) atoms. The predicted octanol–water partition coefficient (Wildman–Crippen LogP) is 1.44. The maximum atomic E-state index is 12.3. The molecule has 0 saturated carbocycles. The molecule has 0 unspecified atom stereocenters. The molecule has 0 heterocycles. The molecule has 0 saturated heterocycles. The molecule has 0 aliphatic carbocycles. The van der Waals surface area contributed by atoms with Crippen LogP contribution in [0, 0.1) is 28.4 Å². The summed E-state index contributed by atoms with van der Waals surface area (Å²) in [5.41, 5.74) is -0.182. The zero-order chi connectivity index (χ0) is 14.6. The Balaban J connectivity index is 3.42. The maximum absolute atomic E-state index is 12.3. The van der Waals surface area contributed by atoms with Gasteiger partial charge in [-0.3, -0.25) is 10.1 Å². The van der Waals surface area contributed by atoms with Crippen LogP contribution in [0.1, 0.15) is 12.5 Å². The number of hydrogen-bond donors (Lipinski definition) is 0. The molecule has 7 nitrogen and oxygen atoms in total. The van der Waals surface area contributed by atoms with E-state index in [-0.39, 0.29) is 29.2 Å². The van der Waals surface area contributed by atoms with Crippen LogP contribution < -0.4 is 0 Å². The minimum absolute atomic E-state index is 0.0730. The number of nitrogens with zero attached hydrogens (tertiary/aromatic N) is 3. The van der Waals surface area contributed by atoms with Crippen LogP contribution >= 0.6 is 0 Å². The standard InChI is InChI=1S/C11H13N3O4S/c1-3-13(8-7-12)19(17,18)11-6-4-5-10(9(11)2)14(15)16/h4-6H,3,8H2,1-2H3. The molecule has 0 fully saturated rings. The van der Waals surface area contributed by atoms with Crippen molar-refractivity contribution in [3.05, 3.63) is 33.9 Å². The Hall–Kier alpha value is -1.98. The Morgan fingerprint density at radius 1 is 1.47 bits per heavy atom. The smallest absolute Gasteiger partial charge is 0.258 e. The topological polar surface area (TPSA) is 104 Å². The van der Waals surface area contributed by atoms with Gasteiger partial charge in [-0.1, -0.05) is 13.0 Å². The van der Waals surface area contributed by atoms with E-state index < -0.39 is 14.9 Å². The number of nitro groups is 1. The minimum Gasteiger partial charge on any atom is -0.258 e. The average Bonchev–Trinajstić information content (AvgIpc) is 2.35. The van der Waals surface area contributed by atoms with Gasteiger partial charge in [-0.25, -0.2) is 8.42 Å². The molecule has 1 rings (SSSR count). The van der Waals surface area contributed by atoms with Crippen molar-refractivity contribution in [1.82, 2.24) is 4.31 Å². The van der Waals surface area contributed by atoms with Gasteiger partial charge >= 0.3 is 0 Å². The fourth-order valence-electron chi connectivity index (χ4n) is 1.66. The molecule has 0 aromatic heterocycles. The van der Waals surface area contributed by atoms with Gasteiger partial charge in [0.2, 0.25) is 10.0 Å². The number of nitriles is 1. The van der Waals surface area contributed by atoms with Crippen molar-refractivity contribution in [2.75, 3.05) is 13.1 Å². The van der Waals surface area contributed by atoms with Gasteiger partial charge in [0.1, 0.15) is 6.54 Å². The second kappa shape index (κ2) is 5.77. The van der Waals surface area contributed by atoms with Gasteiger partial charge in [-0.15, -0.1) is 0 Å². The van der Waals surface area contributed by atoms with Crippen LogP contribution in [0.4, 0.5) is 5.69 Å². The molecule has 0 radical (unpaired) electrons. The lowest BCUT2D eigenvalue weighted by molar-refractivity contribution is -0.385. The summed E-state index contributed by atoms with van der Waals surface area (Å²) in [6.45, 7) is 2.81. The first-order valence-corrected chi connectivity index (χ1v) is 6.91. The van der Waals surface area contributed by atoms with Crippen molar-refractivity contribution in [1.29, 1.82) is 5.26 Å². The molecule has 0 amide bonds. The molecule has 0 spiro atoms. The number of hydrogen-bond acceptors (Lipinski definition) is 5. The third kappa shape index (κ3) is 2.89. The van der Waals surface area contributed by atoms with Crippen LogP contribution in [-0.2, 0) is 10.0 Å². The summed E-state index contributed by atoms with van der Waals surface area (Å²) < 4.78 is 25.6. The minimum atomic E-state index is -3.89. The van der Waals surface area contributed by atoms with E-state index >= 15 is 0 Å². The fourth-order valence-corrected chi connectivity index (χ4v) is 3.25. The molecule has 102 valence electrons. The Kier molecular flexibility index (Phi) is 4.58. The summed E-state index contributed by atoms with van der Waals surface area (Å²) in [6, 6.07) is 5.63. The van der Waals surface area contributed by atoms with E-state index in [0.717, 1.165) is 4.31 Å². The van der Waals surface area contributed by atoms with Crippen LogP contribution in [0.2, 0.25) is 0 Å². The largest absolute Gasteiger partial charge is 0.273 e.